The molecule has 0 radical (unpaired) electrons. The third-order valence-corrected chi connectivity index (χ3v) is 5.61. The van der Waals surface area contributed by atoms with E-state index in [-0.39, 0.29) is 17.8 Å². The molecule has 1 aliphatic rings. The summed E-state index contributed by atoms with van der Waals surface area (Å²) in [4.78, 5) is 25.8. The van der Waals surface area contributed by atoms with E-state index >= 15 is 0 Å². The zero-order chi connectivity index (χ0) is 20.2. The van der Waals surface area contributed by atoms with Crippen LogP contribution in [-0.4, -0.2) is 34.0 Å². The van der Waals surface area contributed by atoms with Gasteiger partial charge in [-0.05, 0) is 42.0 Å². The minimum Gasteiger partial charge on any atom is -0.497 e. The van der Waals surface area contributed by atoms with Crippen molar-refractivity contribution < 1.29 is 9.53 Å². The van der Waals surface area contributed by atoms with Crippen LogP contribution in [0.2, 0.25) is 0 Å². The summed E-state index contributed by atoms with van der Waals surface area (Å²) in [6.07, 6.45) is 2.02. The topological polar surface area (TPSA) is 90.2 Å². The van der Waals surface area contributed by atoms with Crippen molar-refractivity contribution in [3.05, 3.63) is 57.8 Å². The second-order valence-electron chi connectivity index (χ2n) is 6.87. The molecule has 9 heteroatoms. The van der Waals surface area contributed by atoms with Crippen molar-refractivity contribution >= 4 is 17.4 Å². The van der Waals surface area contributed by atoms with Gasteiger partial charge in [-0.25, -0.2) is 14.3 Å². The normalized spacial score (nSPS) is 13.3. The van der Waals surface area contributed by atoms with Gasteiger partial charge in [-0.3, -0.25) is 4.57 Å². The fourth-order valence-electron chi connectivity index (χ4n) is 3.07. The van der Waals surface area contributed by atoms with E-state index in [0.29, 0.717) is 19.6 Å². The summed E-state index contributed by atoms with van der Waals surface area (Å²) in [7, 11) is 1.61. The number of carbonyl (C=O) groups is 1. The molecule has 1 fully saturated rings. The van der Waals surface area contributed by atoms with Crippen molar-refractivity contribution in [2.45, 2.75) is 32.0 Å². The molecular formula is C20H23N5O3S. The van der Waals surface area contributed by atoms with Crippen LogP contribution in [0, 0.1) is 0 Å². The number of aromatic nitrogens is 3. The molecule has 8 nitrogen and oxygen atoms in total. The molecule has 0 saturated heterocycles. The maximum Gasteiger partial charge on any atom is 0.346 e. The molecule has 152 valence electrons. The van der Waals surface area contributed by atoms with E-state index in [0.717, 1.165) is 34.9 Å². The second kappa shape index (κ2) is 8.52. The van der Waals surface area contributed by atoms with Crippen LogP contribution in [0.15, 0.2) is 46.6 Å². The molecule has 4 rings (SSSR count). The highest BCUT2D eigenvalue weighted by Gasteiger charge is 2.30. The van der Waals surface area contributed by atoms with Crippen LogP contribution >= 0.6 is 11.3 Å². The predicted molar refractivity (Wildman–Crippen MR) is 111 cm³/mol. The summed E-state index contributed by atoms with van der Waals surface area (Å²) in [5, 5.41) is 12.1. The fraction of sp³-hybridized carbons (Fsp3) is 0.350. The first kappa shape index (κ1) is 19.3. The summed E-state index contributed by atoms with van der Waals surface area (Å²) < 4.78 is 8.35. The minimum atomic E-state index is -0.283. The summed E-state index contributed by atoms with van der Waals surface area (Å²) in [5.41, 5.74) is 0.859. The Kier molecular flexibility index (Phi) is 5.66. The van der Waals surface area contributed by atoms with Crippen LogP contribution in [0.4, 0.5) is 4.79 Å². The number of nitrogens with zero attached hydrogens (tertiary/aromatic N) is 3. The number of ether oxygens (including phenoxy) is 1. The average molecular weight is 414 g/mol. The predicted octanol–water partition coefficient (Wildman–Crippen LogP) is 2.62. The first-order chi connectivity index (χ1) is 14.2. The van der Waals surface area contributed by atoms with Crippen LogP contribution in [0.3, 0.4) is 0 Å². The van der Waals surface area contributed by atoms with Crippen molar-refractivity contribution in [3.63, 3.8) is 0 Å². The van der Waals surface area contributed by atoms with Gasteiger partial charge >= 0.3 is 11.7 Å². The van der Waals surface area contributed by atoms with E-state index < -0.39 is 0 Å². The molecule has 2 heterocycles. The molecule has 0 spiro atoms. The molecule has 0 atom stereocenters. The summed E-state index contributed by atoms with van der Waals surface area (Å²) in [5.74, 6) is 1.49. The third kappa shape index (κ3) is 4.51. The number of hydrogen-bond donors (Lipinski definition) is 2. The minimum absolute atomic E-state index is 0.114. The highest BCUT2D eigenvalue weighted by molar-refractivity contribution is 7.13. The molecule has 29 heavy (non-hydrogen) atoms. The first-order valence-corrected chi connectivity index (χ1v) is 10.4. The molecule has 3 aromatic rings. The Morgan fingerprint density at radius 2 is 2.03 bits per heavy atom. The Bertz CT molecular complexity index is 1020. The van der Waals surface area contributed by atoms with Crippen molar-refractivity contribution in [2.75, 3.05) is 13.7 Å². The second-order valence-corrected chi connectivity index (χ2v) is 7.81. The molecule has 1 aromatic carbocycles. The van der Waals surface area contributed by atoms with Crippen LogP contribution in [0.5, 0.6) is 5.75 Å². The zero-order valence-corrected chi connectivity index (χ0v) is 16.9. The van der Waals surface area contributed by atoms with Crippen LogP contribution < -0.4 is 21.1 Å². The Labute approximate surface area is 172 Å². The van der Waals surface area contributed by atoms with E-state index in [2.05, 4.69) is 15.7 Å². The number of amides is 2. The van der Waals surface area contributed by atoms with Gasteiger partial charge in [0.1, 0.15) is 5.75 Å². The van der Waals surface area contributed by atoms with Gasteiger partial charge in [0, 0.05) is 19.1 Å². The largest absolute Gasteiger partial charge is 0.497 e. The van der Waals surface area contributed by atoms with Crippen molar-refractivity contribution in [2.24, 2.45) is 0 Å². The van der Waals surface area contributed by atoms with Crippen molar-refractivity contribution in [1.29, 1.82) is 0 Å². The molecule has 0 bridgehead atoms. The van der Waals surface area contributed by atoms with Gasteiger partial charge in [-0.1, -0.05) is 18.2 Å². The molecule has 1 aliphatic carbocycles. The lowest BCUT2D eigenvalue weighted by molar-refractivity contribution is 0.240. The fourth-order valence-corrected chi connectivity index (χ4v) is 3.77. The van der Waals surface area contributed by atoms with E-state index in [1.807, 2.05) is 41.8 Å². The summed E-state index contributed by atoms with van der Waals surface area (Å²) in [6, 6.07) is 11.4. The molecule has 0 unspecified atom stereocenters. The van der Waals surface area contributed by atoms with Gasteiger partial charge in [-0.15, -0.1) is 16.4 Å². The van der Waals surface area contributed by atoms with Crippen molar-refractivity contribution in [1.82, 2.24) is 25.0 Å². The van der Waals surface area contributed by atoms with Gasteiger partial charge in [0.05, 0.1) is 18.5 Å². The van der Waals surface area contributed by atoms with Gasteiger partial charge < -0.3 is 15.4 Å². The van der Waals surface area contributed by atoms with Gasteiger partial charge in [-0.2, -0.15) is 0 Å². The van der Waals surface area contributed by atoms with Crippen molar-refractivity contribution in [3.8, 4) is 16.5 Å². The van der Waals surface area contributed by atoms with Gasteiger partial charge in [0.2, 0.25) is 0 Å². The number of carbonyl (C=O) groups excluding carboxylic acids is 1. The molecule has 0 aliphatic heterocycles. The smallest absolute Gasteiger partial charge is 0.346 e. The lowest BCUT2D eigenvalue weighted by Gasteiger charge is -2.08. The number of nitrogens with one attached hydrogen (secondary N) is 2. The number of hydrogen-bond acceptors (Lipinski definition) is 5. The monoisotopic (exact) mass is 413 g/mol. The highest BCUT2D eigenvalue weighted by atomic mass is 32.1. The number of benzene rings is 1. The lowest BCUT2D eigenvalue weighted by atomic mass is 10.2. The van der Waals surface area contributed by atoms with E-state index in [1.54, 1.807) is 23.0 Å². The number of methoxy groups -OCH3 is 1. The van der Waals surface area contributed by atoms with Crippen LogP contribution in [0.1, 0.15) is 24.4 Å². The SMILES string of the molecule is COc1ccc(CNC(=O)NCCn2nc(-c3cccs3)n(C3CC3)c2=O)cc1. The number of thiophene rings is 1. The lowest BCUT2D eigenvalue weighted by Crippen LogP contribution is -2.38. The molecular weight excluding hydrogens is 390 g/mol. The molecule has 1 saturated carbocycles. The highest BCUT2D eigenvalue weighted by Crippen LogP contribution is 2.37. The molecule has 2 aromatic heterocycles. The van der Waals surface area contributed by atoms with Gasteiger partial charge in [0.25, 0.3) is 0 Å². The Morgan fingerprint density at radius 1 is 1.24 bits per heavy atom. The number of urea groups is 1. The Balaban J connectivity index is 1.31. The quantitative estimate of drug-likeness (QED) is 0.594. The van der Waals surface area contributed by atoms with E-state index in [4.69, 9.17) is 4.74 Å². The maximum absolute atomic E-state index is 12.7. The molecule has 2 amide bonds. The third-order valence-electron chi connectivity index (χ3n) is 4.75. The Morgan fingerprint density at radius 3 is 2.69 bits per heavy atom. The summed E-state index contributed by atoms with van der Waals surface area (Å²) in [6.45, 7) is 1.06. The standard InChI is InChI=1S/C20H23N5O3S/c1-28-16-8-4-14(5-9-16)13-22-19(26)21-10-11-24-20(27)25(15-6-7-15)18(23-24)17-3-2-12-29-17/h2-5,8-9,12,15H,6-7,10-11,13H2,1H3,(H2,21,22,26). The van der Waals surface area contributed by atoms with Crippen LogP contribution in [0.25, 0.3) is 10.7 Å². The summed E-state index contributed by atoms with van der Waals surface area (Å²) >= 11 is 1.57. The first-order valence-electron chi connectivity index (χ1n) is 9.53. The maximum atomic E-state index is 12.7. The zero-order valence-electron chi connectivity index (χ0n) is 16.1. The van der Waals surface area contributed by atoms with E-state index in [9.17, 15) is 9.59 Å². The van der Waals surface area contributed by atoms with Crippen LogP contribution in [-0.2, 0) is 13.1 Å². The molecule has 2 N–H and O–H groups in total. The van der Waals surface area contributed by atoms with Gasteiger partial charge in [0.15, 0.2) is 5.82 Å². The number of rotatable bonds is 8. The average Bonchev–Trinajstić information content (AvgIpc) is 3.31. The Hall–Kier alpha value is -3.07. The van der Waals surface area contributed by atoms with E-state index in [1.165, 1.54) is 4.68 Å².